The molecule has 0 atom stereocenters. The van der Waals surface area contributed by atoms with Crippen molar-refractivity contribution in [1.82, 2.24) is 5.32 Å². The number of amidine groups is 1. The smallest absolute Gasteiger partial charge is 0.264 e. The maximum atomic E-state index is 12.1. The predicted molar refractivity (Wildman–Crippen MR) is 102 cm³/mol. The number of thioether (sulfide) groups is 1. The average molecular weight is 395 g/mol. The van der Waals surface area contributed by atoms with E-state index in [2.05, 4.69) is 10.3 Å². The highest BCUT2D eigenvalue weighted by Crippen LogP contribution is 2.35. The molecule has 0 bridgehead atoms. The molecule has 1 fully saturated rings. The number of methoxy groups -OCH3 is 1. The number of aromatic hydroxyl groups is 1. The van der Waals surface area contributed by atoms with Gasteiger partial charge in [-0.2, -0.15) is 0 Å². The molecule has 128 valence electrons. The largest absolute Gasteiger partial charge is 0.507 e. The molecule has 2 aromatic rings. The second-order valence-electron chi connectivity index (χ2n) is 5.00. The molecule has 1 aliphatic heterocycles. The van der Waals surface area contributed by atoms with Crippen LogP contribution in [0.5, 0.6) is 11.5 Å². The zero-order chi connectivity index (χ0) is 18.0. The first-order valence-corrected chi connectivity index (χ1v) is 8.65. The minimum absolute atomic E-state index is 0.0344. The molecule has 0 saturated carbocycles. The number of phenolic OH excluding ortho intramolecular Hbond substituents is 1. The van der Waals surface area contributed by atoms with Gasteiger partial charge in [-0.15, -0.1) is 0 Å². The van der Waals surface area contributed by atoms with Gasteiger partial charge in [0.05, 0.1) is 12.0 Å². The van der Waals surface area contributed by atoms with E-state index in [0.717, 1.165) is 11.8 Å². The summed E-state index contributed by atoms with van der Waals surface area (Å²) < 4.78 is 5.24. The Labute approximate surface area is 158 Å². The highest BCUT2D eigenvalue weighted by atomic mass is 35.5. The molecule has 0 radical (unpaired) electrons. The number of amides is 1. The van der Waals surface area contributed by atoms with E-state index in [9.17, 15) is 9.90 Å². The van der Waals surface area contributed by atoms with Gasteiger partial charge in [0.25, 0.3) is 5.91 Å². The molecule has 8 heteroatoms. The number of halogens is 2. The third-order valence-electron chi connectivity index (χ3n) is 3.29. The normalized spacial score (nSPS) is 17.2. The number of aliphatic imine (C=N–C) groups is 1. The second kappa shape index (κ2) is 7.39. The Morgan fingerprint density at radius 1 is 1.20 bits per heavy atom. The number of hydrogen-bond acceptors (Lipinski definition) is 5. The fourth-order valence-electron chi connectivity index (χ4n) is 2.12. The lowest BCUT2D eigenvalue weighted by molar-refractivity contribution is -0.115. The maximum Gasteiger partial charge on any atom is 0.264 e. The first kappa shape index (κ1) is 17.7. The molecular formula is C17H12Cl2N2O3S. The van der Waals surface area contributed by atoms with Gasteiger partial charge >= 0.3 is 0 Å². The molecule has 0 unspecified atom stereocenters. The van der Waals surface area contributed by atoms with Gasteiger partial charge in [0.15, 0.2) is 5.17 Å². The Morgan fingerprint density at radius 3 is 2.68 bits per heavy atom. The van der Waals surface area contributed by atoms with E-state index in [1.165, 1.54) is 13.2 Å². The molecular weight excluding hydrogens is 383 g/mol. The lowest BCUT2D eigenvalue weighted by atomic mass is 10.2. The molecule has 1 saturated heterocycles. The van der Waals surface area contributed by atoms with Crippen molar-refractivity contribution in [1.29, 1.82) is 0 Å². The van der Waals surface area contributed by atoms with E-state index >= 15 is 0 Å². The summed E-state index contributed by atoms with van der Waals surface area (Å²) in [6.07, 6.45) is 1.55. The number of hydrogen-bond donors (Lipinski definition) is 2. The van der Waals surface area contributed by atoms with E-state index in [4.69, 9.17) is 27.9 Å². The van der Waals surface area contributed by atoms with Crippen LogP contribution in [0.15, 0.2) is 46.3 Å². The van der Waals surface area contributed by atoms with Gasteiger partial charge in [-0.25, -0.2) is 4.99 Å². The zero-order valence-electron chi connectivity index (χ0n) is 12.9. The summed E-state index contributed by atoms with van der Waals surface area (Å²) in [6, 6.07) is 9.65. The van der Waals surface area contributed by atoms with Crippen molar-refractivity contribution in [2.75, 3.05) is 7.11 Å². The standard InChI is InChI=1S/C17H12Cl2N2O3S/c1-24-14-5-3-11(19)8-12(14)20-17-21-16(23)15(25-17)7-9-6-10(18)2-4-13(9)22/h2-8,22H,1H3,(H,20,21,23)/b15-7-. The molecule has 25 heavy (non-hydrogen) atoms. The van der Waals surface area contributed by atoms with Crippen LogP contribution in [0.2, 0.25) is 10.0 Å². The Kier molecular flexibility index (Phi) is 5.22. The van der Waals surface area contributed by atoms with Gasteiger partial charge in [0.2, 0.25) is 0 Å². The van der Waals surface area contributed by atoms with E-state index in [1.807, 2.05) is 0 Å². The number of ether oxygens (including phenoxy) is 1. The van der Waals surface area contributed by atoms with Crippen molar-refractivity contribution in [3.8, 4) is 11.5 Å². The van der Waals surface area contributed by atoms with E-state index in [0.29, 0.717) is 37.1 Å². The first-order chi connectivity index (χ1) is 12.0. The summed E-state index contributed by atoms with van der Waals surface area (Å²) >= 11 is 13.1. The maximum absolute atomic E-state index is 12.1. The molecule has 0 aliphatic carbocycles. The summed E-state index contributed by atoms with van der Waals surface area (Å²) in [5, 5.41) is 13.9. The predicted octanol–water partition coefficient (Wildman–Crippen LogP) is 4.60. The summed E-state index contributed by atoms with van der Waals surface area (Å²) in [4.78, 5) is 16.9. The van der Waals surface area contributed by atoms with Crippen molar-refractivity contribution in [2.45, 2.75) is 0 Å². The van der Waals surface area contributed by atoms with Crippen LogP contribution in [0.25, 0.3) is 6.08 Å². The molecule has 0 aromatic heterocycles. The monoisotopic (exact) mass is 394 g/mol. The fourth-order valence-corrected chi connectivity index (χ4v) is 3.30. The van der Waals surface area contributed by atoms with Gasteiger partial charge in [-0.1, -0.05) is 23.2 Å². The van der Waals surface area contributed by atoms with Crippen LogP contribution in [-0.4, -0.2) is 23.3 Å². The number of nitrogens with zero attached hydrogens (tertiary/aromatic N) is 1. The second-order valence-corrected chi connectivity index (χ2v) is 6.90. The van der Waals surface area contributed by atoms with Gasteiger partial charge in [-0.3, -0.25) is 4.79 Å². The summed E-state index contributed by atoms with van der Waals surface area (Å²) in [5.74, 6) is 0.257. The summed E-state index contributed by atoms with van der Waals surface area (Å²) in [6.45, 7) is 0. The number of phenols is 1. The van der Waals surface area contributed by atoms with Crippen molar-refractivity contribution in [3.63, 3.8) is 0 Å². The lowest BCUT2D eigenvalue weighted by Gasteiger charge is -2.05. The van der Waals surface area contributed by atoms with Crippen molar-refractivity contribution >= 4 is 57.8 Å². The molecule has 0 spiro atoms. The van der Waals surface area contributed by atoms with Crippen LogP contribution in [-0.2, 0) is 4.79 Å². The number of carbonyl (C=O) groups excluding carboxylic acids is 1. The molecule has 1 heterocycles. The third kappa shape index (κ3) is 4.10. The SMILES string of the molecule is COc1ccc(Cl)cc1N=C1NC(=O)/C(=C/c2cc(Cl)ccc2O)S1. The fraction of sp³-hybridized carbons (Fsp3) is 0.0588. The minimum Gasteiger partial charge on any atom is -0.507 e. The van der Waals surface area contributed by atoms with Crippen LogP contribution in [0, 0.1) is 0 Å². The molecule has 1 aliphatic rings. The van der Waals surface area contributed by atoms with Crippen molar-refractivity contribution in [2.24, 2.45) is 4.99 Å². The summed E-state index contributed by atoms with van der Waals surface area (Å²) in [5.41, 5.74) is 0.955. The number of carbonyl (C=O) groups is 1. The lowest BCUT2D eigenvalue weighted by Crippen LogP contribution is -2.19. The molecule has 3 rings (SSSR count). The highest BCUT2D eigenvalue weighted by molar-refractivity contribution is 8.18. The van der Waals surface area contributed by atoms with Crippen LogP contribution >= 0.6 is 35.0 Å². The topological polar surface area (TPSA) is 70.9 Å². The Hall–Kier alpha value is -2.15. The van der Waals surface area contributed by atoms with Crippen molar-refractivity contribution < 1.29 is 14.6 Å². The number of rotatable bonds is 3. The van der Waals surface area contributed by atoms with E-state index in [1.54, 1.807) is 36.4 Å². The zero-order valence-corrected chi connectivity index (χ0v) is 15.2. The van der Waals surface area contributed by atoms with Gasteiger partial charge in [0, 0.05) is 15.6 Å². The summed E-state index contributed by atoms with van der Waals surface area (Å²) in [7, 11) is 1.53. The number of nitrogens with one attached hydrogen (secondary N) is 1. The third-order valence-corrected chi connectivity index (χ3v) is 4.67. The van der Waals surface area contributed by atoms with Crippen LogP contribution in [0.1, 0.15) is 5.56 Å². The highest BCUT2D eigenvalue weighted by Gasteiger charge is 2.24. The Morgan fingerprint density at radius 2 is 1.92 bits per heavy atom. The molecule has 2 aromatic carbocycles. The van der Waals surface area contributed by atoms with Crippen molar-refractivity contribution in [3.05, 3.63) is 56.9 Å². The van der Waals surface area contributed by atoms with Gasteiger partial charge < -0.3 is 15.2 Å². The van der Waals surface area contributed by atoms with E-state index < -0.39 is 0 Å². The quantitative estimate of drug-likeness (QED) is 0.746. The number of benzene rings is 2. The Bertz CT molecular complexity index is 913. The van der Waals surface area contributed by atoms with Crippen LogP contribution in [0.4, 0.5) is 5.69 Å². The molecule has 2 N–H and O–H groups in total. The van der Waals surface area contributed by atoms with Gasteiger partial charge in [0.1, 0.15) is 17.2 Å². The molecule has 1 amide bonds. The van der Waals surface area contributed by atoms with Crippen LogP contribution < -0.4 is 10.1 Å². The Balaban J connectivity index is 1.91. The van der Waals surface area contributed by atoms with E-state index in [-0.39, 0.29) is 11.7 Å². The molecule has 5 nitrogen and oxygen atoms in total. The average Bonchev–Trinajstić information content (AvgIpc) is 2.90. The first-order valence-electron chi connectivity index (χ1n) is 7.08. The minimum atomic E-state index is -0.316. The van der Waals surface area contributed by atoms with Gasteiger partial charge in [-0.05, 0) is 54.2 Å². The van der Waals surface area contributed by atoms with Crippen LogP contribution in [0.3, 0.4) is 0 Å².